The molecule has 1 saturated heterocycles. The van der Waals surface area contributed by atoms with Crippen LogP contribution in [0.2, 0.25) is 0 Å². The molecule has 2 aromatic heterocycles. The second kappa shape index (κ2) is 8.94. The predicted molar refractivity (Wildman–Crippen MR) is 99.5 cm³/mol. The van der Waals surface area contributed by atoms with Crippen LogP contribution in [0.5, 0.6) is 0 Å². The molecule has 3 heterocycles. The summed E-state index contributed by atoms with van der Waals surface area (Å²) in [6.07, 6.45) is 3.07. The van der Waals surface area contributed by atoms with E-state index >= 15 is 0 Å². The van der Waals surface area contributed by atoms with E-state index in [1.54, 1.807) is 11.3 Å². The summed E-state index contributed by atoms with van der Waals surface area (Å²) >= 11 is 4.96. The number of rotatable bonds is 5. The highest BCUT2D eigenvalue weighted by molar-refractivity contribution is 9.10. The van der Waals surface area contributed by atoms with Crippen LogP contribution in [0.4, 0.5) is 0 Å². The van der Waals surface area contributed by atoms with Gasteiger partial charge in [-0.1, -0.05) is 5.16 Å². The summed E-state index contributed by atoms with van der Waals surface area (Å²) in [6.45, 7) is 1.63. The number of hydrogen-bond acceptors (Lipinski definition) is 6. The van der Waals surface area contributed by atoms with Gasteiger partial charge in [0.2, 0.25) is 17.6 Å². The molecule has 0 spiro atoms. The number of hydrogen-bond donors (Lipinski definition) is 1. The molecule has 1 unspecified atom stereocenters. The van der Waals surface area contributed by atoms with Crippen LogP contribution in [0, 0.1) is 0 Å². The first-order chi connectivity index (χ1) is 11.2. The first kappa shape index (κ1) is 19.4. The summed E-state index contributed by atoms with van der Waals surface area (Å²) in [6, 6.07) is 2.36. The molecule has 1 fully saturated rings. The number of halogens is 2. The van der Waals surface area contributed by atoms with Crippen LogP contribution in [0.3, 0.4) is 0 Å². The van der Waals surface area contributed by atoms with E-state index in [0.717, 1.165) is 35.3 Å². The van der Waals surface area contributed by atoms with Crippen molar-refractivity contribution in [1.82, 2.24) is 20.4 Å². The predicted octanol–water partition coefficient (Wildman–Crippen LogP) is 3.13. The van der Waals surface area contributed by atoms with Crippen molar-refractivity contribution in [3.05, 3.63) is 21.8 Å². The molecule has 1 amide bonds. The molecule has 6 nitrogen and oxygen atoms in total. The molecule has 1 atom stereocenters. The van der Waals surface area contributed by atoms with Gasteiger partial charge >= 0.3 is 0 Å². The van der Waals surface area contributed by atoms with E-state index in [-0.39, 0.29) is 18.3 Å². The number of carbonyl (C=O) groups is 1. The topological polar surface area (TPSA) is 71.3 Å². The van der Waals surface area contributed by atoms with Crippen LogP contribution < -0.4 is 5.32 Å². The van der Waals surface area contributed by atoms with Gasteiger partial charge in [0.15, 0.2) is 0 Å². The molecule has 0 aromatic carbocycles. The molecule has 1 aliphatic heterocycles. The molecule has 2 aromatic rings. The molecule has 0 bridgehead atoms. The zero-order valence-corrected chi connectivity index (χ0v) is 16.5. The van der Waals surface area contributed by atoms with Crippen LogP contribution in [0.25, 0.3) is 10.7 Å². The molecule has 3 rings (SSSR count). The van der Waals surface area contributed by atoms with Crippen molar-refractivity contribution in [3.63, 3.8) is 0 Å². The lowest BCUT2D eigenvalue weighted by molar-refractivity contribution is -0.132. The molecule has 9 heteroatoms. The van der Waals surface area contributed by atoms with Crippen molar-refractivity contribution >= 4 is 45.6 Å². The van der Waals surface area contributed by atoms with E-state index < -0.39 is 0 Å². The third-order valence-electron chi connectivity index (χ3n) is 3.99. The number of amides is 1. The highest BCUT2D eigenvalue weighted by Crippen LogP contribution is 2.27. The lowest BCUT2D eigenvalue weighted by Gasteiger charge is -2.32. The minimum atomic E-state index is 0. The Morgan fingerprint density at radius 3 is 3.12 bits per heavy atom. The van der Waals surface area contributed by atoms with Gasteiger partial charge in [-0.15, -0.1) is 23.7 Å². The quantitative estimate of drug-likeness (QED) is 0.781. The summed E-state index contributed by atoms with van der Waals surface area (Å²) in [5, 5.41) is 9.21. The number of carbonyl (C=O) groups excluding carboxylic acids is 1. The van der Waals surface area contributed by atoms with Gasteiger partial charge in [0.05, 0.1) is 4.88 Å². The van der Waals surface area contributed by atoms with Crippen molar-refractivity contribution < 1.29 is 9.32 Å². The Bertz CT molecular complexity index is 678. The van der Waals surface area contributed by atoms with E-state index in [1.165, 1.54) is 0 Å². The van der Waals surface area contributed by atoms with Crippen molar-refractivity contribution in [2.24, 2.45) is 0 Å². The number of nitrogens with one attached hydrogen (secondary N) is 1. The summed E-state index contributed by atoms with van der Waals surface area (Å²) in [7, 11) is 1.95. The summed E-state index contributed by atoms with van der Waals surface area (Å²) in [5.74, 6) is 1.25. The van der Waals surface area contributed by atoms with Gasteiger partial charge in [0.25, 0.3) is 0 Å². The van der Waals surface area contributed by atoms with Crippen molar-refractivity contribution in [3.8, 4) is 10.7 Å². The molecule has 0 saturated carbocycles. The lowest BCUT2D eigenvalue weighted by Crippen LogP contribution is -2.47. The fraction of sp³-hybridized carbons (Fsp3) is 0.533. The number of likely N-dealkylation sites (N-methyl/N-ethyl adjacent to an activating group) is 1. The summed E-state index contributed by atoms with van der Waals surface area (Å²) in [4.78, 5) is 19.6. The van der Waals surface area contributed by atoms with E-state index in [2.05, 4.69) is 31.4 Å². The maximum absolute atomic E-state index is 12.3. The monoisotopic (exact) mass is 434 g/mol. The number of likely N-dealkylation sites (tertiary alicyclic amines) is 1. The molecule has 132 valence electrons. The minimum absolute atomic E-state index is 0. The van der Waals surface area contributed by atoms with E-state index in [4.69, 9.17) is 4.52 Å². The van der Waals surface area contributed by atoms with Crippen LogP contribution >= 0.6 is 39.7 Å². The first-order valence-electron chi connectivity index (χ1n) is 7.67. The number of nitrogens with zero attached hydrogens (tertiary/aromatic N) is 3. The second-order valence-electron chi connectivity index (χ2n) is 5.61. The second-order valence-corrected chi connectivity index (χ2v) is 7.44. The number of thiophene rings is 1. The van der Waals surface area contributed by atoms with Crippen molar-refractivity contribution in [2.75, 3.05) is 20.1 Å². The van der Waals surface area contributed by atoms with Crippen molar-refractivity contribution in [2.45, 2.75) is 31.7 Å². The fourth-order valence-electron chi connectivity index (χ4n) is 2.70. The SMILES string of the molecule is CNC1CCCN(C(=O)CCc2nc(-c3cc(Br)cs3)no2)C1.Cl. The Morgan fingerprint density at radius 2 is 2.42 bits per heavy atom. The zero-order chi connectivity index (χ0) is 16.2. The number of aryl methyl sites for hydroxylation is 1. The molecule has 0 aliphatic carbocycles. The van der Waals surface area contributed by atoms with Crippen molar-refractivity contribution in [1.29, 1.82) is 0 Å². The third kappa shape index (κ3) is 4.78. The molecular formula is C15H20BrClN4O2S. The summed E-state index contributed by atoms with van der Waals surface area (Å²) < 4.78 is 6.26. The molecule has 0 radical (unpaired) electrons. The largest absolute Gasteiger partial charge is 0.341 e. The Kier molecular flexibility index (Phi) is 7.21. The van der Waals surface area contributed by atoms with Gasteiger partial charge in [-0.25, -0.2) is 0 Å². The van der Waals surface area contributed by atoms with Gasteiger partial charge in [-0.2, -0.15) is 4.98 Å². The Hall–Kier alpha value is -0.960. The van der Waals surface area contributed by atoms with Gasteiger partial charge in [-0.05, 0) is 41.9 Å². The van der Waals surface area contributed by atoms with Crippen LogP contribution in [-0.4, -0.2) is 47.1 Å². The zero-order valence-electron chi connectivity index (χ0n) is 13.3. The minimum Gasteiger partial charge on any atom is -0.341 e. The highest BCUT2D eigenvalue weighted by atomic mass is 79.9. The van der Waals surface area contributed by atoms with E-state index in [1.807, 2.05) is 23.4 Å². The molecule has 1 N–H and O–H groups in total. The maximum Gasteiger partial charge on any atom is 0.227 e. The molecule has 24 heavy (non-hydrogen) atoms. The smallest absolute Gasteiger partial charge is 0.227 e. The lowest BCUT2D eigenvalue weighted by atomic mass is 10.1. The summed E-state index contributed by atoms with van der Waals surface area (Å²) in [5.41, 5.74) is 0. The van der Waals surface area contributed by atoms with Gasteiger partial charge in [0, 0.05) is 41.8 Å². The fourth-order valence-corrected chi connectivity index (χ4v) is 4.05. The van der Waals surface area contributed by atoms with E-state index in [0.29, 0.717) is 30.6 Å². The van der Waals surface area contributed by atoms with Gasteiger partial charge in [0.1, 0.15) is 0 Å². The Balaban J connectivity index is 0.00000208. The third-order valence-corrected chi connectivity index (χ3v) is 5.68. The Morgan fingerprint density at radius 1 is 1.58 bits per heavy atom. The average molecular weight is 436 g/mol. The molecule has 1 aliphatic rings. The van der Waals surface area contributed by atoms with E-state index in [9.17, 15) is 4.79 Å². The maximum atomic E-state index is 12.3. The van der Waals surface area contributed by atoms with Crippen LogP contribution in [0.15, 0.2) is 20.4 Å². The van der Waals surface area contributed by atoms with Crippen LogP contribution in [0.1, 0.15) is 25.2 Å². The standard InChI is InChI=1S/C15H19BrN4O2S.ClH/c1-17-11-3-2-6-20(8-11)14(21)5-4-13-18-15(19-22-13)12-7-10(16)9-23-12;/h7,9,11,17H,2-6,8H2,1H3;1H. The van der Waals surface area contributed by atoms with Gasteiger partial charge < -0.3 is 14.7 Å². The number of aromatic nitrogens is 2. The molecular weight excluding hydrogens is 416 g/mol. The average Bonchev–Trinajstić information content (AvgIpc) is 3.21. The highest BCUT2D eigenvalue weighted by Gasteiger charge is 2.22. The number of piperidine rings is 1. The normalized spacial score (nSPS) is 17.6. The first-order valence-corrected chi connectivity index (χ1v) is 9.35. The Labute approximate surface area is 159 Å². The van der Waals surface area contributed by atoms with Crippen LogP contribution in [-0.2, 0) is 11.2 Å². The van der Waals surface area contributed by atoms with Gasteiger partial charge in [-0.3, -0.25) is 4.79 Å².